The summed E-state index contributed by atoms with van der Waals surface area (Å²) < 4.78 is 23.1. The number of hydrogen-bond acceptors (Lipinski definition) is 5. The molecule has 0 aliphatic carbocycles. The number of amides is 2. The Kier molecular flexibility index (Phi) is 8.05. The van der Waals surface area contributed by atoms with Crippen molar-refractivity contribution < 1.29 is 18.0 Å². The molecule has 1 aromatic carbocycles. The highest BCUT2D eigenvalue weighted by molar-refractivity contribution is 7.92. The molecule has 0 radical (unpaired) electrons. The molecular formula is C17H26ClN3O4S. The largest absolute Gasteiger partial charge is 0.326 e. The van der Waals surface area contributed by atoms with Gasteiger partial charge in [-0.3, -0.25) is 9.59 Å². The fourth-order valence-electron chi connectivity index (χ4n) is 2.97. The molecule has 1 aliphatic heterocycles. The van der Waals surface area contributed by atoms with E-state index < -0.39 is 20.5 Å². The van der Waals surface area contributed by atoms with Gasteiger partial charge in [0.15, 0.2) is 14.6 Å². The zero-order valence-electron chi connectivity index (χ0n) is 15.0. The third-order valence-electron chi connectivity index (χ3n) is 4.42. The van der Waals surface area contributed by atoms with Crippen molar-refractivity contribution in [3.63, 3.8) is 0 Å². The smallest absolute Gasteiger partial charge is 0.245 e. The Hall–Kier alpha value is -1.64. The zero-order chi connectivity index (χ0) is 18.5. The third-order valence-corrected chi connectivity index (χ3v) is 6.43. The molecule has 26 heavy (non-hydrogen) atoms. The predicted octanol–water partition coefficient (Wildman–Crippen LogP) is 1.95. The molecule has 0 atom stereocenters. The highest BCUT2D eigenvalue weighted by Crippen LogP contribution is 2.29. The van der Waals surface area contributed by atoms with E-state index >= 15 is 0 Å². The van der Waals surface area contributed by atoms with Crippen LogP contribution in [-0.4, -0.2) is 44.3 Å². The van der Waals surface area contributed by atoms with E-state index in [1.807, 2.05) is 6.92 Å². The molecule has 0 spiro atoms. The van der Waals surface area contributed by atoms with Crippen molar-refractivity contribution in [3.05, 3.63) is 24.3 Å². The maximum atomic E-state index is 12.8. The maximum absolute atomic E-state index is 12.8. The third kappa shape index (κ3) is 5.18. The topological polar surface area (TPSA) is 104 Å². The molecule has 3 N–H and O–H groups in total. The molecule has 1 fully saturated rings. The molecule has 1 saturated heterocycles. The molecule has 0 aromatic heterocycles. The summed E-state index contributed by atoms with van der Waals surface area (Å²) in [6.45, 7) is 2.88. The van der Waals surface area contributed by atoms with E-state index in [1.54, 1.807) is 24.3 Å². The number of halogens is 1. The number of benzene rings is 1. The number of piperidine rings is 1. The Bertz CT molecular complexity index is 746. The van der Waals surface area contributed by atoms with Crippen LogP contribution >= 0.6 is 12.4 Å². The van der Waals surface area contributed by atoms with Crippen molar-refractivity contribution in [2.75, 3.05) is 30.0 Å². The van der Waals surface area contributed by atoms with Crippen LogP contribution in [0, 0.1) is 0 Å². The van der Waals surface area contributed by atoms with Gasteiger partial charge in [0.2, 0.25) is 11.8 Å². The lowest BCUT2D eigenvalue weighted by Gasteiger charge is -2.34. The van der Waals surface area contributed by atoms with E-state index in [4.69, 9.17) is 0 Å². The number of anilines is 2. The lowest BCUT2D eigenvalue weighted by Crippen LogP contribution is -2.55. The van der Waals surface area contributed by atoms with E-state index in [0.29, 0.717) is 30.9 Å². The van der Waals surface area contributed by atoms with Crippen molar-refractivity contribution in [1.82, 2.24) is 5.32 Å². The van der Waals surface area contributed by atoms with Gasteiger partial charge in [0.1, 0.15) is 0 Å². The highest BCUT2D eigenvalue weighted by atomic mass is 35.5. The standard InChI is InChI=1S/C17H25N3O4S.ClH/c1-3-5-15(21)19-13-6-4-7-14(12-13)20-16(22)17(25(2,23)24)8-10-18-11-9-17;/h4,6-7,12,18H,3,5,8-11H2,1-2H3,(H,19,21)(H,20,22);1H. The van der Waals surface area contributed by atoms with Gasteiger partial charge in [-0.25, -0.2) is 8.42 Å². The Morgan fingerprint density at radius 2 is 1.73 bits per heavy atom. The predicted molar refractivity (Wildman–Crippen MR) is 106 cm³/mol. The van der Waals surface area contributed by atoms with Gasteiger partial charge in [-0.2, -0.15) is 0 Å². The average molecular weight is 404 g/mol. The first kappa shape index (κ1) is 22.4. The number of carbonyl (C=O) groups excluding carboxylic acids is 2. The van der Waals surface area contributed by atoms with E-state index in [2.05, 4.69) is 16.0 Å². The number of carbonyl (C=O) groups is 2. The minimum atomic E-state index is -3.57. The van der Waals surface area contributed by atoms with Gasteiger partial charge >= 0.3 is 0 Å². The second kappa shape index (κ2) is 9.34. The molecular weight excluding hydrogens is 378 g/mol. The van der Waals surface area contributed by atoms with Gasteiger partial charge in [0.25, 0.3) is 0 Å². The fourth-order valence-corrected chi connectivity index (χ4v) is 4.30. The SMILES string of the molecule is CCCC(=O)Nc1cccc(NC(=O)C2(S(C)(=O)=O)CCNCC2)c1.Cl. The van der Waals surface area contributed by atoms with Gasteiger partial charge in [-0.1, -0.05) is 13.0 Å². The van der Waals surface area contributed by atoms with Crippen molar-refractivity contribution in [2.24, 2.45) is 0 Å². The quantitative estimate of drug-likeness (QED) is 0.673. The summed E-state index contributed by atoms with van der Waals surface area (Å²) in [5.41, 5.74) is 1.02. The maximum Gasteiger partial charge on any atom is 0.245 e. The Morgan fingerprint density at radius 1 is 1.15 bits per heavy atom. The van der Waals surface area contributed by atoms with E-state index in [0.717, 1.165) is 12.7 Å². The van der Waals surface area contributed by atoms with Crippen LogP contribution in [0.1, 0.15) is 32.6 Å². The molecule has 0 unspecified atom stereocenters. The van der Waals surface area contributed by atoms with Crippen LogP contribution in [0.4, 0.5) is 11.4 Å². The first-order valence-electron chi connectivity index (χ1n) is 8.40. The van der Waals surface area contributed by atoms with Crippen LogP contribution in [0.15, 0.2) is 24.3 Å². The number of rotatable bonds is 6. The van der Waals surface area contributed by atoms with Crippen LogP contribution in [0.2, 0.25) is 0 Å². The van der Waals surface area contributed by atoms with Gasteiger partial charge in [0.05, 0.1) is 0 Å². The van der Waals surface area contributed by atoms with Gasteiger partial charge in [0, 0.05) is 24.1 Å². The van der Waals surface area contributed by atoms with E-state index in [9.17, 15) is 18.0 Å². The lowest BCUT2D eigenvalue weighted by molar-refractivity contribution is -0.119. The van der Waals surface area contributed by atoms with Crippen molar-refractivity contribution in [3.8, 4) is 0 Å². The Labute approximate surface area is 160 Å². The molecule has 0 bridgehead atoms. The average Bonchev–Trinajstić information content (AvgIpc) is 2.55. The molecule has 1 aromatic rings. The fraction of sp³-hybridized carbons (Fsp3) is 0.529. The van der Waals surface area contributed by atoms with Gasteiger partial charge in [-0.05, 0) is 50.6 Å². The van der Waals surface area contributed by atoms with Gasteiger partial charge in [-0.15, -0.1) is 12.4 Å². The molecule has 2 rings (SSSR count). The zero-order valence-corrected chi connectivity index (χ0v) is 16.6. The minimum absolute atomic E-state index is 0. The normalized spacial score (nSPS) is 16.2. The molecule has 1 heterocycles. The molecule has 7 nitrogen and oxygen atoms in total. The number of hydrogen-bond donors (Lipinski definition) is 3. The molecule has 146 valence electrons. The van der Waals surface area contributed by atoms with E-state index in [1.165, 1.54) is 0 Å². The molecule has 2 amide bonds. The van der Waals surface area contributed by atoms with Crippen molar-refractivity contribution in [1.29, 1.82) is 0 Å². The van der Waals surface area contributed by atoms with Crippen LogP contribution in [0.5, 0.6) is 0 Å². The van der Waals surface area contributed by atoms with Crippen LogP contribution in [0.3, 0.4) is 0 Å². The number of sulfone groups is 1. The molecule has 0 saturated carbocycles. The summed E-state index contributed by atoms with van der Waals surface area (Å²) in [4.78, 5) is 24.5. The van der Waals surface area contributed by atoms with Gasteiger partial charge < -0.3 is 16.0 Å². The van der Waals surface area contributed by atoms with Crippen LogP contribution in [0.25, 0.3) is 0 Å². The van der Waals surface area contributed by atoms with Crippen LogP contribution in [-0.2, 0) is 19.4 Å². The van der Waals surface area contributed by atoms with Crippen molar-refractivity contribution >= 4 is 45.4 Å². The summed E-state index contributed by atoms with van der Waals surface area (Å²) in [5.74, 6) is -0.620. The Morgan fingerprint density at radius 3 is 2.27 bits per heavy atom. The summed E-state index contributed by atoms with van der Waals surface area (Å²) >= 11 is 0. The van der Waals surface area contributed by atoms with Crippen LogP contribution < -0.4 is 16.0 Å². The second-order valence-corrected chi connectivity index (χ2v) is 8.68. The molecule has 9 heteroatoms. The summed E-state index contributed by atoms with van der Waals surface area (Å²) in [6.07, 6.45) is 2.75. The monoisotopic (exact) mass is 403 g/mol. The second-order valence-electron chi connectivity index (χ2n) is 6.35. The lowest BCUT2D eigenvalue weighted by atomic mass is 9.95. The van der Waals surface area contributed by atoms with Crippen molar-refractivity contribution in [2.45, 2.75) is 37.4 Å². The summed E-state index contributed by atoms with van der Waals surface area (Å²) in [7, 11) is -3.57. The number of nitrogens with one attached hydrogen (secondary N) is 3. The summed E-state index contributed by atoms with van der Waals surface area (Å²) in [5, 5.41) is 8.55. The minimum Gasteiger partial charge on any atom is -0.326 e. The Balaban J connectivity index is 0.00000338. The summed E-state index contributed by atoms with van der Waals surface area (Å²) in [6, 6.07) is 6.72. The van der Waals surface area contributed by atoms with E-state index in [-0.39, 0.29) is 31.2 Å². The highest BCUT2D eigenvalue weighted by Gasteiger charge is 2.48. The molecule has 1 aliphatic rings. The first-order valence-corrected chi connectivity index (χ1v) is 10.3. The first-order chi connectivity index (χ1) is 11.8.